The lowest BCUT2D eigenvalue weighted by Crippen LogP contribution is -2.38. The smallest absolute Gasteiger partial charge is 0.261 e. The number of halogens is 2. The number of anilines is 1. The van der Waals surface area contributed by atoms with Gasteiger partial charge >= 0.3 is 0 Å². The van der Waals surface area contributed by atoms with Gasteiger partial charge in [-0.25, -0.2) is 8.78 Å². The maximum absolute atomic E-state index is 14.5. The van der Waals surface area contributed by atoms with Crippen LogP contribution in [0.25, 0.3) is 0 Å². The van der Waals surface area contributed by atoms with Crippen molar-refractivity contribution >= 4 is 17.5 Å². The van der Waals surface area contributed by atoms with Gasteiger partial charge in [0.1, 0.15) is 11.6 Å². The number of benzene rings is 3. The summed E-state index contributed by atoms with van der Waals surface area (Å²) in [6, 6.07) is 19.4. The summed E-state index contributed by atoms with van der Waals surface area (Å²) in [6.45, 7) is 3.80. The molecule has 0 atom stereocenters. The van der Waals surface area contributed by atoms with E-state index in [1.807, 2.05) is 36.4 Å². The van der Waals surface area contributed by atoms with Crippen molar-refractivity contribution in [3.05, 3.63) is 101 Å². The van der Waals surface area contributed by atoms with Crippen molar-refractivity contribution < 1.29 is 18.4 Å². The van der Waals surface area contributed by atoms with Crippen molar-refractivity contribution in [2.45, 2.75) is 32.2 Å². The molecule has 0 bridgehead atoms. The van der Waals surface area contributed by atoms with Crippen molar-refractivity contribution in [3.8, 4) is 0 Å². The Bertz CT molecular complexity index is 1180. The van der Waals surface area contributed by atoms with Crippen LogP contribution in [0.4, 0.5) is 14.5 Å². The number of carbonyl (C=O) groups is 2. The molecule has 188 valence electrons. The highest BCUT2D eigenvalue weighted by atomic mass is 19.1. The molecule has 1 aliphatic rings. The summed E-state index contributed by atoms with van der Waals surface area (Å²) in [4.78, 5) is 29.8. The second-order valence-corrected chi connectivity index (χ2v) is 9.10. The highest BCUT2D eigenvalue weighted by molar-refractivity contribution is 6.06. The summed E-state index contributed by atoms with van der Waals surface area (Å²) in [5, 5.41) is 2.98. The van der Waals surface area contributed by atoms with Crippen LogP contribution < -0.4 is 10.2 Å². The van der Waals surface area contributed by atoms with Crippen LogP contribution in [0.5, 0.6) is 0 Å². The third-order valence-corrected chi connectivity index (χ3v) is 6.38. The average Bonchev–Trinajstić information content (AvgIpc) is 2.88. The molecule has 0 spiro atoms. The van der Waals surface area contributed by atoms with Gasteiger partial charge in [0.25, 0.3) is 5.91 Å². The highest BCUT2D eigenvalue weighted by Crippen LogP contribution is 2.23. The fourth-order valence-corrected chi connectivity index (χ4v) is 4.47. The average molecular weight is 492 g/mol. The fraction of sp³-hybridized carbons (Fsp3) is 0.310. The van der Waals surface area contributed by atoms with Crippen LogP contribution in [0, 0.1) is 11.6 Å². The number of hydrogen-bond acceptors (Lipinski definition) is 3. The molecule has 3 aromatic carbocycles. The summed E-state index contributed by atoms with van der Waals surface area (Å²) in [7, 11) is 0. The summed E-state index contributed by atoms with van der Waals surface area (Å²) in [6.07, 6.45) is 3.87. The molecule has 7 heteroatoms. The third-order valence-electron chi connectivity index (χ3n) is 6.38. The second kappa shape index (κ2) is 12.4. The molecular formula is C29H31F2N3O2. The van der Waals surface area contributed by atoms with Gasteiger partial charge in [0.05, 0.1) is 18.5 Å². The van der Waals surface area contributed by atoms with Crippen molar-refractivity contribution in [2.24, 2.45) is 0 Å². The lowest BCUT2D eigenvalue weighted by Gasteiger charge is -2.26. The maximum Gasteiger partial charge on any atom is 0.261 e. The molecule has 1 heterocycles. The largest absolute Gasteiger partial charge is 0.355 e. The van der Waals surface area contributed by atoms with Gasteiger partial charge in [0, 0.05) is 24.8 Å². The Balaban J connectivity index is 1.48. The van der Waals surface area contributed by atoms with Crippen LogP contribution in [-0.2, 0) is 17.8 Å². The minimum absolute atomic E-state index is 0.0883. The Morgan fingerprint density at radius 3 is 2.36 bits per heavy atom. The van der Waals surface area contributed by atoms with E-state index >= 15 is 0 Å². The first-order chi connectivity index (χ1) is 17.5. The first kappa shape index (κ1) is 25.5. The van der Waals surface area contributed by atoms with E-state index in [-0.39, 0.29) is 24.4 Å². The first-order valence-electron chi connectivity index (χ1n) is 12.4. The minimum Gasteiger partial charge on any atom is -0.355 e. The van der Waals surface area contributed by atoms with Gasteiger partial charge < -0.3 is 15.1 Å². The first-order valence-corrected chi connectivity index (χ1v) is 12.4. The predicted octanol–water partition coefficient (Wildman–Crippen LogP) is 4.96. The molecule has 36 heavy (non-hydrogen) atoms. The molecule has 4 rings (SSSR count). The molecule has 1 saturated heterocycles. The fourth-order valence-electron chi connectivity index (χ4n) is 4.47. The standard InChI is InChI=1S/C29H31F2N3O2/c30-24-12-13-26(27(31)20-24)29(36)34(21-22-8-3-1-4-9-22)25-11-7-10-23(18-25)19-28(35)32-14-17-33-15-5-2-6-16-33/h1,3-4,7-13,18,20H,2,5-6,14-17,19,21H2,(H,32,35). The quantitative estimate of drug-likeness (QED) is 0.461. The predicted molar refractivity (Wildman–Crippen MR) is 137 cm³/mol. The van der Waals surface area contributed by atoms with E-state index in [1.165, 1.54) is 24.2 Å². The molecule has 1 N–H and O–H groups in total. The van der Waals surface area contributed by atoms with Crippen LogP contribution in [0.15, 0.2) is 72.8 Å². The second-order valence-electron chi connectivity index (χ2n) is 9.10. The number of hydrogen-bond donors (Lipinski definition) is 1. The normalized spacial score (nSPS) is 13.8. The summed E-state index contributed by atoms with van der Waals surface area (Å²) >= 11 is 0. The Kier molecular flexibility index (Phi) is 8.79. The van der Waals surface area contributed by atoms with Gasteiger partial charge in [-0.3, -0.25) is 9.59 Å². The molecule has 2 amide bonds. The lowest BCUT2D eigenvalue weighted by molar-refractivity contribution is -0.120. The lowest BCUT2D eigenvalue weighted by atomic mass is 10.1. The van der Waals surface area contributed by atoms with Gasteiger partial charge in [0.2, 0.25) is 5.91 Å². The van der Waals surface area contributed by atoms with Crippen LogP contribution in [0.1, 0.15) is 40.7 Å². The Morgan fingerprint density at radius 1 is 0.861 bits per heavy atom. The van der Waals surface area contributed by atoms with E-state index < -0.39 is 17.5 Å². The van der Waals surface area contributed by atoms with Crippen LogP contribution in [-0.4, -0.2) is 42.9 Å². The number of carbonyl (C=O) groups excluding carboxylic acids is 2. The molecule has 5 nitrogen and oxygen atoms in total. The van der Waals surface area contributed by atoms with Crippen LogP contribution >= 0.6 is 0 Å². The van der Waals surface area contributed by atoms with E-state index in [0.717, 1.165) is 42.9 Å². The third kappa shape index (κ3) is 6.98. The van der Waals surface area contributed by atoms with Crippen LogP contribution in [0.2, 0.25) is 0 Å². The zero-order chi connectivity index (χ0) is 25.3. The van der Waals surface area contributed by atoms with E-state index in [2.05, 4.69) is 10.2 Å². The number of nitrogens with one attached hydrogen (secondary N) is 1. The molecule has 0 aliphatic carbocycles. The van der Waals surface area contributed by atoms with Gasteiger partial charge in [-0.1, -0.05) is 48.9 Å². The van der Waals surface area contributed by atoms with Gasteiger partial charge in [-0.05, 0) is 61.3 Å². The summed E-state index contributed by atoms with van der Waals surface area (Å²) in [5.41, 5.74) is 1.92. The number of rotatable bonds is 9. The van der Waals surface area contributed by atoms with E-state index in [0.29, 0.717) is 18.3 Å². The van der Waals surface area contributed by atoms with Crippen molar-refractivity contribution in [2.75, 3.05) is 31.1 Å². The SMILES string of the molecule is O=C(Cc1cccc(N(Cc2ccccc2)C(=O)c2ccc(F)cc2F)c1)NCCN1CCCCC1. The van der Waals surface area contributed by atoms with Crippen molar-refractivity contribution in [1.29, 1.82) is 0 Å². The topological polar surface area (TPSA) is 52.7 Å². The molecule has 1 aliphatic heterocycles. The molecule has 0 aromatic heterocycles. The minimum atomic E-state index is -0.915. The number of amides is 2. The Hall–Kier alpha value is -3.58. The summed E-state index contributed by atoms with van der Waals surface area (Å²) < 4.78 is 27.9. The number of likely N-dealkylation sites (tertiary alicyclic amines) is 1. The van der Waals surface area contributed by atoms with E-state index in [1.54, 1.807) is 18.2 Å². The van der Waals surface area contributed by atoms with E-state index in [4.69, 9.17) is 0 Å². The molecule has 0 unspecified atom stereocenters. The number of piperidine rings is 1. The molecular weight excluding hydrogens is 460 g/mol. The zero-order valence-corrected chi connectivity index (χ0v) is 20.3. The van der Waals surface area contributed by atoms with Crippen LogP contribution in [0.3, 0.4) is 0 Å². The Morgan fingerprint density at radius 2 is 1.61 bits per heavy atom. The van der Waals surface area contributed by atoms with E-state index in [9.17, 15) is 18.4 Å². The molecule has 3 aromatic rings. The molecule has 1 fully saturated rings. The van der Waals surface area contributed by atoms with Crippen molar-refractivity contribution in [1.82, 2.24) is 10.2 Å². The zero-order valence-electron chi connectivity index (χ0n) is 20.3. The number of nitrogens with zero attached hydrogens (tertiary/aromatic N) is 2. The highest BCUT2D eigenvalue weighted by Gasteiger charge is 2.22. The molecule has 0 radical (unpaired) electrons. The molecule has 0 saturated carbocycles. The van der Waals surface area contributed by atoms with Crippen molar-refractivity contribution in [3.63, 3.8) is 0 Å². The van der Waals surface area contributed by atoms with Gasteiger partial charge in [0.15, 0.2) is 0 Å². The monoisotopic (exact) mass is 491 g/mol. The summed E-state index contributed by atoms with van der Waals surface area (Å²) in [5.74, 6) is -2.33. The maximum atomic E-state index is 14.5. The Labute approximate surface area is 210 Å². The van der Waals surface area contributed by atoms with Gasteiger partial charge in [-0.15, -0.1) is 0 Å². The van der Waals surface area contributed by atoms with Gasteiger partial charge in [-0.2, -0.15) is 0 Å².